The first-order valence-electron chi connectivity index (χ1n) is 8.93. The third-order valence-electron chi connectivity index (χ3n) is 4.94. The average Bonchev–Trinajstić information content (AvgIpc) is 3.12. The smallest absolute Gasteiger partial charge is 0.0656 e. The summed E-state index contributed by atoms with van der Waals surface area (Å²) in [6, 6.07) is 7.63. The summed E-state index contributed by atoms with van der Waals surface area (Å²) in [5.41, 5.74) is 3.35. The van der Waals surface area contributed by atoms with Gasteiger partial charge in [-0.2, -0.15) is 0 Å². The second kappa shape index (κ2) is 7.35. The lowest BCUT2D eigenvalue weighted by Crippen LogP contribution is -2.41. The van der Waals surface area contributed by atoms with Crippen molar-refractivity contribution in [2.45, 2.75) is 56.8 Å². The molecule has 1 aromatic rings. The second-order valence-electron chi connectivity index (χ2n) is 7.99. The molecule has 2 fully saturated rings. The molecular formula is C19H32S2Si+2. The topological polar surface area (TPSA) is 0 Å². The molecule has 0 aromatic heterocycles. The van der Waals surface area contributed by atoms with Gasteiger partial charge in [-0.15, -0.1) is 0 Å². The molecule has 3 rings (SSSR count). The lowest BCUT2D eigenvalue weighted by molar-refractivity contribution is 0.949. The van der Waals surface area contributed by atoms with Crippen LogP contribution in [0, 0.1) is 0 Å². The first kappa shape index (κ1) is 17.0. The summed E-state index contributed by atoms with van der Waals surface area (Å²) in [4.78, 5) is 0. The van der Waals surface area contributed by atoms with Crippen LogP contribution in [0.1, 0.15) is 36.8 Å². The largest absolute Gasteiger partial charge is 0.133 e. The zero-order valence-corrected chi connectivity index (χ0v) is 17.3. The summed E-state index contributed by atoms with van der Waals surface area (Å²) in [5, 5.41) is 1.77. The van der Waals surface area contributed by atoms with E-state index in [1.807, 2.05) is 0 Å². The highest BCUT2D eigenvalue weighted by molar-refractivity contribution is 7.96. The van der Waals surface area contributed by atoms with E-state index in [0.717, 1.165) is 0 Å². The summed E-state index contributed by atoms with van der Waals surface area (Å²) in [5.74, 6) is 8.72. The Labute approximate surface area is 144 Å². The van der Waals surface area contributed by atoms with Crippen LogP contribution in [0.25, 0.3) is 0 Å². The summed E-state index contributed by atoms with van der Waals surface area (Å²) in [7, 11) is 0.154. The van der Waals surface area contributed by atoms with Gasteiger partial charge < -0.3 is 0 Å². The molecule has 2 saturated heterocycles. The van der Waals surface area contributed by atoms with E-state index in [-0.39, 0.29) is 0 Å². The third-order valence-corrected chi connectivity index (χ3v) is 12.0. The van der Waals surface area contributed by atoms with Gasteiger partial charge in [0.15, 0.2) is 0 Å². The van der Waals surface area contributed by atoms with Crippen LogP contribution < -0.4 is 5.19 Å². The lowest BCUT2D eigenvalue weighted by Gasteiger charge is -2.21. The van der Waals surface area contributed by atoms with E-state index in [0.29, 0.717) is 21.8 Å². The van der Waals surface area contributed by atoms with Crippen molar-refractivity contribution in [1.29, 1.82) is 0 Å². The van der Waals surface area contributed by atoms with Crippen LogP contribution in [-0.2, 0) is 33.3 Å². The first-order valence-corrected chi connectivity index (χ1v) is 15.9. The van der Waals surface area contributed by atoms with E-state index in [1.165, 1.54) is 60.2 Å². The van der Waals surface area contributed by atoms with Crippen molar-refractivity contribution in [2.24, 2.45) is 0 Å². The molecule has 2 aliphatic heterocycles. The first-order chi connectivity index (χ1) is 10.5. The molecule has 122 valence electrons. The fraction of sp³-hybridized carbons (Fsp3) is 0.684. The predicted octanol–water partition coefficient (Wildman–Crippen LogP) is 4.06. The molecule has 0 amide bonds. The average molecular weight is 353 g/mol. The van der Waals surface area contributed by atoms with E-state index in [4.69, 9.17) is 0 Å². The maximum Gasteiger partial charge on any atom is 0.133 e. The van der Waals surface area contributed by atoms with Gasteiger partial charge in [-0.1, -0.05) is 43.0 Å². The van der Waals surface area contributed by atoms with Crippen molar-refractivity contribution in [2.75, 3.05) is 23.0 Å². The predicted molar refractivity (Wildman–Crippen MR) is 109 cm³/mol. The van der Waals surface area contributed by atoms with Gasteiger partial charge in [-0.25, -0.2) is 0 Å². The summed E-state index contributed by atoms with van der Waals surface area (Å²) in [6.45, 7) is 7.60. The molecule has 2 heterocycles. The molecule has 1 aromatic carbocycles. The Bertz CT molecular complexity index is 495. The molecule has 22 heavy (non-hydrogen) atoms. The van der Waals surface area contributed by atoms with Crippen molar-refractivity contribution in [3.63, 3.8) is 0 Å². The Balaban J connectivity index is 1.79. The monoisotopic (exact) mass is 352 g/mol. The second-order valence-corrected chi connectivity index (χ2v) is 17.7. The lowest BCUT2D eigenvalue weighted by atomic mass is 10.2. The van der Waals surface area contributed by atoms with E-state index in [2.05, 4.69) is 37.8 Å². The number of hydrogen-bond donors (Lipinski definition) is 0. The molecule has 0 nitrogen and oxygen atoms in total. The molecule has 0 saturated carbocycles. The minimum absolute atomic E-state index is 0.690. The molecule has 0 spiro atoms. The molecule has 0 atom stereocenters. The van der Waals surface area contributed by atoms with Crippen molar-refractivity contribution in [3.8, 4) is 0 Å². The number of benzene rings is 1. The summed E-state index contributed by atoms with van der Waals surface area (Å²) >= 11 is 0. The maximum absolute atomic E-state index is 2.63. The highest BCUT2D eigenvalue weighted by Crippen LogP contribution is 2.22. The minimum Gasteiger partial charge on any atom is -0.0656 e. The zero-order chi connectivity index (χ0) is 15.6. The van der Waals surface area contributed by atoms with Crippen molar-refractivity contribution < 1.29 is 0 Å². The Morgan fingerprint density at radius 2 is 1.36 bits per heavy atom. The van der Waals surface area contributed by atoms with Gasteiger partial charge in [0, 0.05) is 11.1 Å². The minimum atomic E-state index is -1.23. The van der Waals surface area contributed by atoms with Crippen LogP contribution in [0.3, 0.4) is 0 Å². The van der Waals surface area contributed by atoms with Crippen LogP contribution in [0.4, 0.5) is 0 Å². The molecular weight excluding hydrogens is 320 g/mol. The van der Waals surface area contributed by atoms with Crippen LogP contribution in [0.15, 0.2) is 18.2 Å². The highest BCUT2D eigenvalue weighted by atomic mass is 32.2. The van der Waals surface area contributed by atoms with E-state index in [1.54, 1.807) is 16.3 Å². The molecule has 0 radical (unpaired) electrons. The van der Waals surface area contributed by atoms with E-state index in [9.17, 15) is 0 Å². The highest BCUT2D eigenvalue weighted by Gasteiger charge is 2.30. The Kier molecular flexibility index (Phi) is 5.68. The molecule has 3 heteroatoms. The van der Waals surface area contributed by atoms with Gasteiger partial charge >= 0.3 is 0 Å². The fourth-order valence-electron chi connectivity index (χ4n) is 3.71. The quantitative estimate of drug-likeness (QED) is 0.554. The summed E-state index contributed by atoms with van der Waals surface area (Å²) < 4.78 is 0. The fourth-order valence-corrected chi connectivity index (χ4v) is 10.4. The Morgan fingerprint density at radius 3 is 1.91 bits per heavy atom. The van der Waals surface area contributed by atoms with Gasteiger partial charge in [0.05, 0.1) is 8.07 Å². The normalized spacial score (nSPS) is 20.9. The van der Waals surface area contributed by atoms with Crippen LogP contribution in [0.5, 0.6) is 0 Å². The summed E-state index contributed by atoms with van der Waals surface area (Å²) in [6.07, 6.45) is 5.91. The van der Waals surface area contributed by atoms with Gasteiger partial charge in [0.1, 0.15) is 34.5 Å². The SMILES string of the molecule is C[Si](C)(C)c1cc(C[S+]2CCCC2)ccc1C[S+]1CCCC1. The number of hydrogen-bond acceptors (Lipinski definition) is 0. The third kappa shape index (κ3) is 4.36. The van der Waals surface area contributed by atoms with Crippen LogP contribution in [0.2, 0.25) is 19.6 Å². The Hall–Kier alpha value is 0.137. The van der Waals surface area contributed by atoms with Crippen LogP contribution >= 0.6 is 0 Å². The van der Waals surface area contributed by atoms with Gasteiger partial charge in [0.25, 0.3) is 0 Å². The van der Waals surface area contributed by atoms with Gasteiger partial charge in [-0.3, -0.25) is 0 Å². The van der Waals surface area contributed by atoms with Crippen molar-refractivity contribution in [1.82, 2.24) is 0 Å². The maximum atomic E-state index is 2.63. The van der Waals surface area contributed by atoms with Crippen LogP contribution in [-0.4, -0.2) is 31.1 Å². The number of rotatable bonds is 5. The standard InChI is InChI=1S/C19H32S2Si/c1-22(2,3)19-14-17(15-20-10-4-5-11-20)8-9-18(19)16-21-12-6-7-13-21/h8-9,14H,4-7,10-13,15-16H2,1-3H3/q+2. The zero-order valence-electron chi connectivity index (χ0n) is 14.6. The van der Waals surface area contributed by atoms with Crippen molar-refractivity contribution >= 4 is 35.1 Å². The van der Waals surface area contributed by atoms with Crippen molar-refractivity contribution in [3.05, 3.63) is 29.3 Å². The molecule has 2 aliphatic rings. The van der Waals surface area contributed by atoms with E-state index < -0.39 is 8.07 Å². The molecule has 0 aliphatic carbocycles. The molecule has 0 unspecified atom stereocenters. The molecule has 0 N–H and O–H groups in total. The Morgan fingerprint density at radius 1 is 0.818 bits per heavy atom. The molecule has 0 bridgehead atoms. The van der Waals surface area contributed by atoms with E-state index >= 15 is 0 Å². The van der Waals surface area contributed by atoms with Gasteiger partial charge in [0.2, 0.25) is 0 Å². The van der Waals surface area contributed by atoms with Gasteiger partial charge in [-0.05, 0) is 47.5 Å².